The zero-order valence-electron chi connectivity index (χ0n) is 17.1. The number of fused-ring (bicyclic) bond motifs is 1. The van der Waals surface area contributed by atoms with Gasteiger partial charge in [-0.2, -0.15) is 0 Å². The summed E-state index contributed by atoms with van der Waals surface area (Å²) < 4.78 is 2.01. The lowest BCUT2D eigenvalue weighted by molar-refractivity contribution is 0.313. The van der Waals surface area contributed by atoms with E-state index in [9.17, 15) is 0 Å². The van der Waals surface area contributed by atoms with Crippen molar-refractivity contribution in [3.05, 3.63) is 54.4 Å². The van der Waals surface area contributed by atoms with Crippen LogP contribution in [0.15, 0.2) is 37.3 Å². The van der Waals surface area contributed by atoms with E-state index in [1.807, 2.05) is 54.9 Å². The Morgan fingerprint density at radius 1 is 1.07 bits per heavy atom. The predicted octanol–water partition coefficient (Wildman–Crippen LogP) is 2.60. The Morgan fingerprint density at radius 3 is 2.50 bits per heavy atom. The first-order chi connectivity index (χ1) is 13.4. The number of imidazole rings is 1. The topological polar surface area (TPSA) is 52.8 Å². The molecule has 0 aliphatic carbocycles. The van der Waals surface area contributed by atoms with Gasteiger partial charge in [0.05, 0.1) is 40.9 Å². The molecule has 1 fully saturated rings. The van der Waals surface area contributed by atoms with E-state index in [-0.39, 0.29) is 0 Å². The van der Waals surface area contributed by atoms with Gasteiger partial charge in [0.25, 0.3) is 0 Å². The number of pyridine rings is 1. The summed E-state index contributed by atoms with van der Waals surface area (Å²) in [6.45, 7) is 12.4. The molecule has 0 N–H and O–H groups in total. The molecule has 0 radical (unpaired) electrons. The number of piperazine rings is 1. The molecule has 1 saturated heterocycles. The molecule has 7 heteroatoms. The van der Waals surface area contributed by atoms with E-state index in [0.29, 0.717) is 0 Å². The molecule has 1 aliphatic rings. The quantitative estimate of drug-likeness (QED) is 0.697. The summed E-state index contributed by atoms with van der Waals surface area (Å²) in [5.41, 5.74) is 5.58. The average Bonchev–Trinajstić information content (AvgIpc) is 3.12. The lowest BCUT2D eigenvalue weighted by Gasteiger charge is -2.33. The second kappa shape index (κ2) is 7.24. The van der Waals surface area contributed by atoms with Crippen molar-refractivity contribution < 1.29 is 0 Å². The van der Waals surface area contributed by atoms with Crippen LogP contribution in [0.1, 0.15) is 17.1 Å². The summed E-state index contributed by atoms with van der Waals surface area (Å²) in [6, 6.07) is 4.17. The van der Waals surface area contributed by atoms with Crippen LogP contribution < -0.4 is 9.80 Å². The molecule has 3 aromatic heterocycles. The van der Waals surface area contributed by atoms with Gasteiger partial charge < -0.3 is 19.1 Å². The molecular formula is C21H27N7. The monoisotopic (exact) mass is 377 g/mol. The van der Waals surface area contributed by atoms with E-state index < -0.39 is 0 Å². The van der Waals surface area contributed by atoms with E-state index in [4.69, 9.17) is 4.98 Å². The van der Waals surface area contributed by atoms with Crippen LogP contribution in [0.5, 0.6) is 0 Å². The average molecular weight is 377 g/mol. The normalized spacial score (nSPS) is 15.2. The Hall–Kier alpha value is -2.93. The molecule has 0 amide bonds. The minimum Gasteiger partial charge on any atom is -0.368 e. The minimum atomic E-state index is 0.815. The standard InChI is InChI=1S/C21H27N7/c1-15-13-28-14-20(24-21(28)16(2)23-15)26(5)17(3)19-7-6-18(12-22-19)27-10-8-25(4)9-11-27/h6-7,12-14H,3,8-11H2,1-2,4-5H3. The van der Waals surface area contributed by atoms with Crippen LogP contribution >= 0.6 is 0 Å². The van der Waals surface area contributed by atoms with E-state index in [1.54, 1.807) is 0 Å². The second-order valence-electron chi connectivity index (χ2n) is 7.50. The van der Waals surface area contributed by atoms with Gasteiger partial charge >= 0.3 is 0 Å². The number of aryl methyl sites for hydroxylation is 2. The fourth-order valence-electron chi connectivity index (χ4n) is 3.57. The molecule has 3 aromatic rings. The number of nitrogens with zero attached hydrogens (tertiary/aromatic N) is 7. The molecule has 4 rings (SSSR count). The zero-order valence-corrected chi connectivity index (χ0v) is 17.1. The molecule has 0 bridgehead atoms. The summed E-state index contributed by atoms with van der Waals surface area (Å²) in [7, 11) is 4.13. The highest BCUT2D eigenvalue weighted by atomic mass is 15.3. The molecule has 4 heterocycles. The van der Waals surface area contributed by atoms with Crippen molar-refractivity contribution in [1.82, 2.24) is 24.3 Å². The number of hydrogen-bond donors (Lipinski definition) is 0. The van der Waals surface area contributed by atoms with Crippen LogP contribution in [0.25, 0.3) is 11.3 Å². The maximum Gasteiger partial charge on any atom is 0.160 e. The number of hydrogen-bond acceptors (Lipinski definition) is 6. The van der Waals surface area contributed by atoms with Crippen molar-refractivity contribution in [2.24, 2.45) is 0 Å². The Morgan fingerprint density at radius 2 is 1.82 bits per heavy atom. The molecule has 0 atom stereocenters. The van der Waals surface area contributed by atoms with Crippen molar-refractivity contribution in [2.75, 3.05) is 50.1 Å². The highest BCUT2D eigenvalue weighted by Crippen LogP contribution is 2.24. The molecular weight excluding hydrogens is 350 g/mol. The maximum absolute atomic E-state index is 4.72. The zero-order chi connectivity index (χ0) is 19.8. The van der Waals surface area contributed by atoms with Gasteiger partial charge in [-0.1, -0.05) is 6.58 Å². The third-order valence-electron chi connectivity index (χ3n) is 5.37. The summed E-state index contributed by atoms with van der Waals surface area (Å²) in [6.07, 6.45) is 5.93. The number of likely N-dealkylation sites (N-methyl/N-ethyl adjacent to an activating group) is 1. The van der Waals surface area contributed by atoms with E-state index in [0.717, 1.165) is 66.1 Å². The molecule has 1 aliphatic heterocycles. The Bertz CT molecular complexity index is 998. The summed E-state index contributed by atoms with van der Waals surface area (Å²) in [5.74, 6) is 0.824. The Kier molecular flexibility index (Phi) is 4.77. The second-order valence-corrected chi connectivity index (χ2v) is 7.50. The first-order valence-electron chi connectivity index (χ1n) is 9.58. The molecule has 0 spiro atoms. The van der Waals surface area contributed by atoms with Crippen LogP contribution in [0.3, 0.4) is 0 Å². The number of anilines is 2. The minimum absolute atomic E-state index is 0.815. The predicted molar refractivity (Wildman–Crippen MR) is 114 cm³/mol. The van der Waals surface area contributed by atoms with Gasteiger partial charge in [0.2, 0.25) is 0 Å². The van der Waals surface area contributed by atoms with Crippen molar-refractivity contribution in [2.45, 2.75) is 13.8 Å². The van der Waals surface area contributed by atoms with Crippen LogP contribution in [0.2, 0.25) is 0 Å². The van der Waals surface area contributed by atoms with Crippen molar-refractivity contribution in [3.8, 4) is 0 Å². The molecule has 0 aromatic carbocycles. The van der Waals surface area contributed by atoms with E-state index in [2.05, 4.69) is 39.5 Å². The van der Waals surface area contributed by atoms with Crippen molar-refractivity contribution >= 4 is 22.8 Å². The fraction of sp³-hybridized carbons (Fsp3) is 0.381. The Balaban J connectivity index is 1.53. The third kappa shape index (κ3) is 3.45. The molecule has 0 saturated carbocycles. The van der Waals surface area contributed by atoms with Gasteiger partial charge in [-0.3, -0.25) is 9.97 Å². The number of aromatic nitrogens is 4. The largest absolute Gasteiger partial charge is 0.368 e. The maximum atomic E-state index is 4.72. The molecule has 7 nitrogen and oxygen atoms in total. The van der Waals surface area contributed by atoms with Gasteiger partial charge in [-0.05, 0) is 33.0 Å². The van der Waals surface area contributed by atoms with Gasteiger partial charge in [-0.25, -0.2) is 4.98 Å². The summed E-state index contributed by atoms with van der Waals surface area (Å²) >= 11 is 0. The van der Waals surface area contributed by atoms with Gasteiger partial charge in [0.1, 0.15) is 0 Å². The van der Waals surface area contributed by atoms with Gasteiger partial charge in [-0.15, -0.1) is 0 Å². The van der Waals surface area contributed by atoms with Crippen LogP contribution in [-0.2, 0) is 0 Å². The third-order valence-corrected chi connectivity index (χ3v) is 5.37. The summed E-state index contributed by atoms with van der Waals surface area (Å²) in [5, 5.41) is 0. The van der Waals surface area contributed by atoms with Crippen LogP contribution in [0, 0.1) is 13.8 Å². The number of rotatable bonds is 4. The first kappa shape index (κ1) is 18.4. The van der Waals surface area contributed by atoms with Crippen LogP contribution in [-0.4, -0.2) is 64.5 Å². The van der Waals surface area contributed by atoms with E-state index >= 15 is 0 Å². The van der Waals surface area contributed by atoms with Gasteiger partial charge in [0.15, 0.2) is 11.5 Å². The Labute approximate surface area is 165 Å². The molecule has 28 heavy (non-hydrogen) atoms. The lowest BCUT2D eigenvalue weighted by atomic mass is 10.2. The SMILES string of the molecule is C=C(c1ccc(N2CCN(C)CC2)cn1)N(C)c1cn2cc(C)nc(C)c2n1. The molecule has 146 valence electrons. The van der Waals surface area contributed by atoms with Gasteiger partial charge in [0, 0.05) is 39.4 Å². The molecule has 0 unspecified atom stereocenters. The summed E-state index contributed by atoms with van der Waals surface area (Å²) in [4.78, 5) is 20.6. The van der Waals surface area contributed by atoms with Crippen molar-refractivity contribution in [1.29, 1.82) is 0 Å². The van der Waals surface area contributed by atoms with E-state index in [1.165, 1.54) is 0 Å². The highest BCUT2D eigenvalue weighted by Gasteiger charge is 2.17. The lowest BCUT2D eigenvalue weighted by Crippen LogP contribution is -2.44. The van der Waals surface area contributed by atoms with Crippen molar-refractivity contribution in [3.63, 3.8) is 0 Å². The highest BCUT2D eigenvalue weighted by molar-refractivity contribution is 5.75. The first-order valence-corrected chi connectivity index (χ1v) is 9.58. The smallest absolute Gasteiger partial charge is 0.160 e. The fourth-order valence-corrected chi connectivity index (χ4v) is 3.57. The van der Waals surface area contributed by atoms with Crippen LogP contribution in [0.4, 0.5) is 11.5 Å².